The van der Waals surface area contributed by atoms with Gasteiger partial charge >= 0.3 is 6.18 Å². The fourth-order valence-corrected chi connectivity index (χ4v) is 3.49. The molecule has 0 radical (unpaired) electrons. The maximum absolute atomic E-state index is 13.8. The van der Waals surface area contributed by atoms with Gasteiger partial charge in [-0.1, -0.05) is 60.7 Å². The van der Waals surface area contributed by atoms with E-state index in [1.54, 1.807) is 60.7 Å². The summed E-state index contributed by atoms with van der Waals surface area (Å²) in [6, 6.07) is 18.9. The van der Waals surface area contributed by atoms with E-state index in [1.165, 1.54) is 17.7 Å². The molecular formula is C24H21F4N5. The van der Waals surface area contributed by atoms with Gasteiger partial charge in [0.2, 0.25) is 5.82 Å². The molecule has 0 aliphatic heterocycles. The number of aryl methyl sites for hydroxylation is 1. The molecule has 0 fully saturated rings. The van der Waals surface area contributed by atoms with E-state index in [9.17, 15) is 17.6 Å². The highest BCUT2D eigenvalue weighted by Gasteiger charge is 2.37. The maximum Gasteiger partial charge on any atom is 0.451 e. The molecule has 2 aromatic carbocycles. The molecular weight excluding hydrogens is 434 g/mol. The summed E-state index contributed by atoms with van der Waals surface area (Å²) in [5.41, 5.74) is 8.16. The molecule has 0 spiro atoms. The lowest BCUT2D eigenvalue weighted by Crippen LogP contribution is -2.17. The van der Waals surface area contributed by atoms with E-state index in [4.69, 9.17) is 5.73 Å². The smallest absolute Gasteiger partial charge is 0.384 e. The van der Waals surface area contributed by atoms with Crippen molar-refractivity contribution in [3.05, 3.63) is 78.2 Å². The maximum atomic E-state index is 13.8. The molecule has 5 nitrogen and oxygen atoms in total. The molecule has 0 aliphatic rings. The quantitative estimate of drug-likeness (QED) is 0.368. The minimum Gasteiger partial charge on any atom is -0.384 e. The van der Waals surface area contributed by atoms with Crippen molar-refractivity contribution in [1.82, 2.24) is 19.7 Å². The Morgan fingerprint density at radius 2 is 1.55 bits per heavy atom. The number of anilines is 1. The zero-order valence-electron chi connectivity index (χ0n) is 17.7. The number of alkyl halides is 4. The van der Waals surface area contributed by atoms with Crippen LogP contribution in [0.4, 0.5) is 23.4 Å². The van der Waals surface area contributed by atoms with Crippen LogP contribution < -0.4 is 5.73 Å². The monoisotopic (exact) mass is 455 g/mol. The van der Waals surface area contributed by atoms with Gasteiger partial charge in [0.05, 0.1) is 23.1 Å². The number of hydrogen-bond acceptors (Lipinski definition) is 4. The normalized spacial score (nSPS) is 12.6. The molecule has 1 atom stereocenters. The number of aromatic nitrogens is 4. The van der Waals surface area contributed by atoms with Crippen molar-refractivity contribution >= 4 is 5.82 Å². The van der Waals surface area contributed by atoms with Crippen molar-refractivity contribution in [2.24, 2.45) is 0 Å². The van der Waals surface area contributed by atoms with Gasteiger partial charge < -0.3 is 5.73 Å². The molecule has 0 amide bonds. The highest BCUT2D eigenvalue weighted by molar-refractivity contribution is 5.85. The fourth-order valence-electron chi connectivity index (χ4n) is 3.49. The van der Waals surface area contributed by atoms with Gasteiger partial charge in [0.15, 0.2) is 5.82 Å². The topological polar surface area (TPSA) is 69.6 Å². The van der Waals surface area contributed by atoms with Crippen molar-refractivity contribution < 1.29 is 17.6 Å². The Hall–Kier alpha value is -3.75. The second-order valence-corrected chi connectivity index (χ2v) is 7.62. The third-order valence-electron chi connectivity index (χ3n) is 5.04. The Balaban J connectivity index is 2.02. The summed E-state index contributed by atoms with van der Waals surface area (Å²) >= 11 is 0. The second-order valence-electron chi connectivity index (χ2n) is 7.62. The fraction of sp³-hybridized carbons (Fsp3) is 0.208. The largest absolute Gasteiger partial charge is 0.451 e. The van der Waals surface area contributed by atoms with Gasteiger partial charge in [0.1, 0.15) is 5.82 Å². The van der Waals surface area contributed by atoms with Crippen LogP contribution in [-0.4, -0.2) is 25.9 Å². The van der Waals surface area contributed by atoms with Crippen LogP contribution in [0.5, 0.6) is 0 Å². The average molecular weight is 455 g/mol. The van der Waals surface area contributed by atoms with Crippen molar-refractivity contribution in [1.29, 1.82) is 0 Å². The van der Waals surface area contributed by atoms with Crippen LogP contribution in [0.1, 0.15) is 24.9 Å². The molecule has 2 N–H and O–H groups in total. The van der Waals surface area contributed by atoms with Crippen LogP contribution in [-0.2, 0) is 12.6 Å². The van der Waals surface area contributed by atoms with Crippen molar-refractivity contribution in [3.8, 4) is 28.2 Å². The Bertz CT molecular complexity index is 1240. The molecule has 0 aliphatic carbocycles. The number of hydrogen-bond donors (Lipinski definition) is 1. The van der Waals surface area contributed by atoms with Gasteiger partial charge in [-0.2, -0.15) is 23.0 Å². The van der Waals surface area contributed by atoms with E-state index < -0.39 is 18.2 Å². The Kier molecular flexibility index (Phi) is 6.13. The first kappa shape index (κ1) is 22.4. The lowest BCUT2D eigenvalue weighted by Gasteiger charge is -2.17. The van der Waals surface area contributed by atoms with Crippen molar-refractivity contribution in [2.45, 2.75) is 32.1 Å². The van der Waals surface area contributed by atoms with E-state index in [0.29, 0.717) is 22.4 Å². The van der Waals surface area contributed by atoms with Crippen LogP contribution >= 0.6 is 0 Å². The summed E-state index contributed by atoms with van der Waals surface area (Å²) in [5, 5.41) is 4.36. The highest BCUT2D eigenvalue weighted by Crippen LogP contribution is 2.38. The van der Waals surface area contributed by atoms with Gasteiger partial charge in [-0.15, -0.1) is 0 Å². The number of benzene rings is 2. The van der Waals surface area contributed by atoms with Gasteiger partial charge in [-0.3, -0.25) is 0 Å². The molecule has 2 aromatic heterocycles. The van der Waals surface area contributed by atoms with Crippen LogP contribution in [0.25, 0.3) is 28.2 Å². The third kappa shape index (κ3) is 4.87. The molecule has 0 saturated heterocycles. The van der Waals surface area contributed by atoms with Crippen molar-refractivity contribution in [3.63, 3.8) is 0 Å². The van der Waals surface area contributed by atoms with Gasteiger partial charge in [-0.25, -0.2) is 14.4 Å². The zero-order valence-corrected chi connectivity index (χ0v) is 17.7. The first-order valence-corrected chi connectivity index (χ1v) is 10.3. The van der Waals surface area contributed by atoms with Crippen LogP contribution in [0.3, 0.4) is 0 Å². The van der Waals surface area contributed by atoms with E-state index in [1.807, 2.05) is 0 Å². The zero-order chi connectivity index (χ0) is 23.6. The number of nitrogen functional groups attached to an aromatic ring is 1. The first-order valence-electron chi connectivity index (χ1n) is 10.3. The Morgan fingerprint density at radius 3 is 2.12 bits per heavy atom. The van der Waals surface area contributed by atoms with E-state index >= 15 is 0 Å². The average Bonchev–Trinajstić information content (AvgIpc) is 3.17. The Labute approximate surface area is 187 Å². The standard InChI is InChI=1S/C24H21F4N5/c1-15(25)12-13-18-14-19(29)33(32-18)22-20(16-8-4-2-5-9-16)21(17-10-6-3-7-11-17)30-23(31-22)24(26,27)28/h2-11,14-15H,12-13,29H2,1H3. The SMILES string of the molecule is CC(F)CCc1cc(N)n(-c2nc(C(F)(F)F)nc(-c3ccccc3)c2-c2ccccc2)n1. The molecule has 4 rings (SSSR count). The lowest BCUT2D eigenvalue weighted by molar-refractivity contribution is -0.144. The van der Waals surface area contributed by atoms with Crippen molar-refractivity contribution in [2.75, 3.05) is 5.73 Å². The summed E-state index contributed by atoms with van der Waals surface area (Å²) in [4.78, 5) is 7.76. The van der Waals surface area contributed by atoms with Crippen LogP contribution in [0.15, 0.2) is 66.7 Å². The summed E-state index contributed by atoms with van der Waals surface area (Å²) in [5.74, 6) is -1.30. The summed E-state index contributed by atoms with van der Waals surface area (Å²) < 4.78 is 55.9. The van der Waals surface area contributed by atoms with Crippen LogP contribution in [0.2, 0.25) is 0 Å². The third-order valence-corrected chi connectivity index (χ3v) is 5.04. The molecule has 0 bridgehead atoms. The number of nitrogens with zero attached hydrogens (tertiary/aromatic N) is 4. The Morgan fingerprint density at radius 1 is 0.939 bits per heavy atom. The predicted octanol–water partition coefficient (Wildman–Crippen LogP) is 5.89. The predicted molar refractivity (Wildman–Crippen MR) is 118 cm³/mol. The second kappa shape index (κ2) is 9.01. The highest BCUT2D eigenvalue weighted by atomic mass is 19.4. The molecule has 9 heteroatoms. The molecule has 170 valence electrons. The first-order chi connectivity index (χ1) is 15.7. The van der Waals surface area contributed by atoms with Gasteiger partial charge in [0, 0.05) is 11.6 Å². The summed E-state index contributed by atoms with van der Waals surface area (Å²) in [6.07, 6.45) is -5.33. The van der Waals surface area contributed by atoms with E-state index in [0.717, 1.165) is 0 Å². The minimum atomic E-state index is -4.79. The molecule has 0 saturated carbocycles. The molecule has 2 heterocycles. The summed E-state index contributed by atoms with van der Waals surface area (Å²) in [6.45, 7) is 1.43. The molecule has 4 aromatic rings. The van der Waals surface area contributed by atoms with Gasteiger partial charge in [-0.05, 0) is 25.3 Å². The van der Waals surface area contributed by atoms with E-state index in [-0.39, 0.29) is 30.2 Å². The number of halogens is 4. The minimum absolute atomic E-state index is 0.0968. The summed E-state index contributed by atoms with van der Waals surface area (Å²) in [7, 11) is 0. The van der Waals surface area contributed by atoms with Gasteiger partial charge in [0.25, 0.3) is 0 Å². The number of nitrogens with two attached hydrogens (primary N) is 1. The lowest BCUT2D eigenvalue weighted by atomic mass is 9.99. The number of rotatable bonds is 6. The van der Waals surface area contributed by atoms with E-state index in [2.05, 4.69) is 15.1 Å². The molecule has 1 unspecified atom stereocenters. The van der Waals surface area contributed by atoms with Crippen LogP contribution in [0, 0.1) is 0 Å². The molecule has 33 heavy (non-hydrogen) atoms.